The number of alkyl halides is 2. The lowest BCUT2D eigenvalue weighted by molar-refractivity contribution is -0.0222. The first-order chi connectivity index (χ1) is 20.1. The Hall–Kier alpha value is -3.72. The van der Waals surface area contributed by atoms with Crippen LogP contribution in [0.4, 0.5) is 26.1 Å². The number of aliphatic hydroxyl groups excluding tert-OH is 1. The number of piperidine rings is 2. The summed E-state index contributed by atoms with van der Waals surface area (Å²) in [7, 11) is -1.43. The molecule has 3 N–H and O–H groups in total. The standard InChI is InChI=1S/C27H32F2N8O4S/c28-27(29)7-11-36(12-8-27)25-30-19(16-20(31-25)24(39)40)21-17-37(34-32-21)22-2-1-18(33-42(41)14-13-38)15-23(22)35-9-5-26(3-4-26)6-10-35/h1-2,15-17,33,38H,3-14H2,(H,39,40). The van der Waals surface area contributed by atoms with Crippen molar-refractivity contribution in [2.45, 2.75) is 44.4 Å². The average molecular weight is 603 g/mol. The number of hydrogen-bond acceptors (Lipinski definition) is 9. The lowest BCUT2D eigenvalue weighted by Crippen LogP contribution is -2.40. The number of carboxylic acids is 1. The smallest absolute Gasteiger partial charge is 0.354 e. The number of benzene rings is 1. The lowest BCUT2D eigenvalue weighted by atomic mass is 9.93. The molecule has 6 rings (SSSR count). The van der Waals surface area contributed by atoms with Gasteiger partial charge < -0.3 is 24.7 Å². The number of carbonyl (C=O) groups is 1. The van der Waals surface area contributed by atoms with Crippen LogP contribution >= 0.6 is 0 Å². The number of hydrogen-bond donors (Lipinski definition) is 3. The summed E-state index contributed by atoms with van der Waals surface area (Å²) in [6.45, 7) is 1.55. The van der Waals surface area contributed by atoms with E-state index in [-0.39, 0.29) is 55.6 Å². The number of aromatic carboxylic acids is 1. The van der Waals surface area contributed by atoms with Crippen LogP contribution in [-0.2, 0) is 11.0 Å². The van der Waals surface area contributed by atoms with Crippen molar-refractivity contribution < 1.29 is 28.0 Å². The van der Waals surface area contributed by atoms with Gasteiger partial charge in [0, 0.05) is 44.7 Å². The predicted octanol–water partition coefficient (Wildman–Crippen LogP) is 3.11. The molecule has 0 amide bonds. The van der Waals surface area contributed by atoms with Crippen LogP contribution in [-0.4, -0.2) is 89.8 Å². The summed E-state index contributed by atoms with van der Waals surface area (Å²) in [6.07, 6.45) is 5.63. The molecular weight excluding hydrogens is 570 g/mol. The second kappa shape index (κ2) is 11.2. The van der Waals surface area contributed by atoms with Crippen LogP contribution in [0, 0.1) is 5.41 Å². The molecule has 1 spiro atoms. The Kier molecular flexibility index (Phi) is 7.55. The highest BCUT2D eigenvalue weighted by atomic mass is 32.2. The fourth-order valence-electron chi connectivity index (χ4n) is 5.55. The number of carboxylic acid groups (broad SMARTS) is 1. The largest absolute Gasteiger partial charge is 0.477 e. The summed E-state index contributed by atoms with van der Waals surface area (Å²) < 4.78 is 44.2. The molecular formula is C27H32F2N8O4S. The van der Waals surface area contributed by atoms with Crippen molar-refractivity contribution in [2.75, 3.05) is 53.1 Å². The van der Waals surface area contributed by atoms with Crippen molar-refractivity contribution in [3.05, 3.63) is 36.2 Å². The van der Waals surface area contributed by atoms with Gasteiger partial charge >= 0.3 is 5.97 Å². The third-order valence-electron chi connectivity index (χ3n) is 8.32. The summed E-state index contributed by atoms with van der Waals surface area (Å²) in [4.78, 5) is 24.3. The van der Waals surface area contributed by atoms with E-state index in [0.717, 1.165) is 37.3 Å². The molecule has 2 aliphatic heterocycles. The van der Waals surface area contributed by atoms with E-state index in [1.54, 1.807) is 21.8 Å². The van der Waals surface area contributed by atoms with Crippen molar-refractivity contribution >= 4 is 34.3 Å². The molecule has 1 aromatic carbocycles. The first-order valence-electron chi connectivity index (χ1n) is 14.0. The molecule has 3 fully saturated rings. The predicted molar refractivity (Wildman–Crippen MR) is 153 cm³/mol. The molecule has 42 heavy (non-hydrogen) atoms. The Balaban J connectivity index is 1.32. The summed E-state index contributed by atoms with van der Waals surface area (Å²) in [5.74, 6) is -3.87. The van der Waals surface area contributed by atoms with Gasteiger partial charge in [-0.05, 0) is 55.4 Å². The molecule has 4 heterocycles. The van der Waals surface area contributed by atoms with Crippen LogP contribution in [0.25, 0.3) is 17.1 Å². The Morgan fingerprint density at radius 1 is 0.952 bits per heavy atom. The summed E-state index contributed by atoms with van der Waals surface area (Å²) in [5.41, 5.74) is 2.96. The number of nitrogens with zero attached hydrogens (tertiary/aromatic N) is 7. The van der Waals surface area contributed by atoms with Crippen LogP contribution in [0.5, 0.6) is 0 Å². The van der Waals surface area contributed by atoms with Crippen molar-refractivity contribution in [2.24, 2.45) is 5.41 Å². The maximum absolute atomic E-state index is 13.7. The van der Waals surface area contributed by atoms with Gasteiger partial charge in [0.25, 0.3) is 5.92 Å². The highest BCUT2D eigenvalue weighted by molar-refractivity contribution is 7.86. The van der Waals surface area contributed by atoms with Crippen molar-refractivity contribution in [3.63, 3.8) is 0 Å². The quantitative estimate of drug-likeness (QED) is 0.334. The number of aromatic nitrogens is 5. The van der Waals surface area contributed by atoms with E-state index in [4.69, 9.17) is 5.11 Å². The molecule has 1 aliphatic carbocycles. The topological polar surface area (TPSA) is 150 Å². The zero-order valence-corrected chi connectivity index (χ0v) is 23.7. The Morgan fingerprint density at radius 2 is 1.67 bits per heavy atom. The van der Waals surface area contributed by atoms with Gasteiger partial charge in [-0.3, -0.25) is 0 Å². The number of anilines is 3. The molecule has 12 nitrogen and oxygen atoms in total. The Bertz CT molecular complexity index is 1490. The van der Waals surface area contributed by atoms with Gasteiger partial charge in [0.15, 0.2) is 5.69 Å². The van der Waals surface area contributed by atoms with Gasteiger partial charge in [-0.1, -0.05) is 5.21 Å². The minimum atomic E-state index is -2.77. The second-order valence-corrected chi connectivity index (χ2v) is 12.5. The van der Waals surface area contributed by atoms with Crippen LogP contribution < -0.4 is 14.5 Å². The van der Waals surface area contributed by atoms with E-state index >= 15 is 0 Å². The zero-order chi connectivity index (χ0) is 29.5. The van der Waals surface area contributed by atoms with E-state index in [9.17, 15) is 22.9 Å². The first-order valence-corrected chi connectivity index (χ1v) is 15.3. The van der Waals surface area contributed by atoms with Gasteiger partial charge in [0.05, 0.1) is 35.6 Å². The molecule has 3 aromatic rings. The van der Waals surface area contributed by atoms with Crippen LogP contribution in [0.2, 0.25) is 0 Å². The molecule has 0 bridgehead atoms. The minimum Gasteiger partial charge on any atom is -0.477 e. The van der Waals surface area contributed by atoms with Crippen molar-refractivity contribution in [1.82, 2.24) is 25.0 Å². The van der Waals surface area contributed by atoms with Crippen LogP contribution in [0.3, 0.4) is 0 Å². The molecule has 0 radical (unpaired) electrons. The van der Waals surface area contributed by atoms with E-state index < -0.39 is 22.9 Å². The van der Waals surface area contributed by atoms with Gasteiger partial charge in [-0.2, -0.15) is 0 Å². The number of aliphatic hydroxyl groups is 1. The molecule has 1 saturated carbocycles. The molecule has 224 valence electrons. The third kappa shape index (κ3) is 6.07. The van der Waals surface area contributed by atoms with Crippen LogP contribution in [0.1, 0.15) is 49.0 Å². The highest BCUT2D eigenvalue weighted by Gasteiger charge is 2.44. The van der Waals surface area contributed by atoms with Crippen LogP contribution in [0.15, 0.2) is 30.5 Å². The maximum atomic E-state index is 13.7. The monoisotopic (exact) mass is 602 g/mol. The van der Waals surface area contributed by atoms with E-state index in [1.807, 2.05) is 12.1 Å². The zero-order valence-electron chi connectivity index (χ0n) is 22.9. The number of rotatable bonds is 9. The maximum Gasteiger partial charge on any atom is 0.354 e. The molecule has 2 saturated heterocycles. The molecule has 1 atom stereocenters. The van der Waals surface area contributed by atoms with E-state index in [1.165, 1.54) is 18.9 Å². The fraction of sp³-hybridized carbons (Fsp3) is 0.519. The van der Waals surface area contributed by atoms with Gasteiger partial charge in [-0.15, -0.1) is 5.10 Å². The Morgan fingerprint density at radius 3 is 2.33 bits per heavy atom. The van der Waals surface area contributed by atoms with Gasteiger partial charge in [0.2, 0.25) is 5.95 Å². The van der Waals surface area contributed by atoms with E-state index in [2.05, 4.69) is 29.9 Å². The average Bonchev–Trinajstić information content (AvgIpc) is 3.53. The lowest BCUT2D eigenvalue weighted by Gasteiger charge is -2.35. The fourth-order valence-corrected chi connectivity index (χ4v) is 6.21. The van der Waals surface area contributed by atoms with Crippen molar-refractivity contribution in [1.29, 1.82) is 0 Å². The normalized spacial score (nSPS) is 20.0. The Labute approximate surface area is 243 Å². The summed E-state index contributed by atoms with van der Waals surface area (Å²) in [5, 5.41) is 27.4. The molecule has 3 aliphatic rings. The molecule has 1 unspecified atom stereocenters. The van der Waals surface area contributed by atoms with Gasteiger partial charge in [0.1, 0.15) is 16.7 Å². The van der Waals surface area contributed by atoms with Crippen molar-refractivity contribution in [3.8, 4) is 17.1 Å². The second-order valence-electron chi connectivity index (χ2n) is 11.2. The number of nitrogens with one attached hydrogen (secondary N) is 1. The first kappa shape index (κ1) is 28.4. The minimum absolute atomic E-state index is 0.00611. The molecule has 2 aromatic heterocycles. The summed E-state index contributed by atoms with van der Waals surface area (Å²) >= 11 is 0. The highest BCUT2D eigenvalue weighted by Crippen LogP contribution is 2.54. The SMILES string of the molecule is O=C(O)c1cc(-c2cn(-c3ccc(NS(=O)CCO)cc3N3CCC4(CC3)CC4)nn2)nc(N2CCC(F)(F)CC2)n1. The molecule has 15 heteroatoms. The van der Waals surface area contributed by atoms with E-state index in [0.29, 0.717) is 16.8 Å². The van der Waals surface area contributed by atoms with Gasteiger partial charge in [-0.25, -0.2) is 32.4 Å². The number of halogens is 2. The third-order valence-corrected chi connectivity index (χ3v) is 9.34. The summed E-state index contributed by atoms with van der Waals surface area (Å²) in [6, 6.07) is 6.83.